The van der Waals surface area contributed by atoms with Gasteiger partial charge in [0.1, 0.15) is 6.61 Å². The fourth-order valence-electron chi connectivity index (χ4n) is 2.27. The highest BCUT2D eigenvalue weighted by molar-refractivity contribution is 7.51. The van der Waals surface area contributed by atoms with Gasteiger partial charge in [0.15, 0.2) is 0 Å². The molecule has 5 N–H and O–H groups in total. The summed E-state index contributed by atoms with van der Waals surface area (Å²) in [6, 6.07) is 0. The standard InChI is InChI=1S/C18H36N3O12P/c1-2-4-16(22)20(26)7-9-31-11-12-33-15-18(24)19(25)6-3-5-17(23)21(27)8-10-32-13-14-34(28,29)30/h25-27H,2-15H2,1H3,(H2,28,29,30). The van der Waals surface area contributed by atoms with Crippen molar-refractivity contribution in [3.8, 4) is 0 Å². The molecule has 0 bridgehead atoms. The van der Waals surface area contributed by atoms with Crippen LogP contribution in [0.25, 0.3) is 0 Å². The van der Waals surface area contributed by atoms with Gasteiger partial charge >= 0.3 is 7.60 Å². The Morgan fingerprint density at radius 3 is 1.76 bits per heavy atom. The van der Waals surface area contributed by atoms with Crippen LogP contribution < -0.4 is 0 Å². The lowest BCUT2D eigenvalue weighted by atomic mass is 10.3. The summed E-state index contributed by atoms with van der Waals surface area (Å²) in [6.45, 7) is 0.929. The summed E-state index contributed by atoms with van der Waals surface area (Å²) in [5, 5.41) is 30.0. The summed E-state index contributed by atoms with van der Waals surface area (Å²) in [6.07, 6.45) is 0.297. The van der Waals surface area contributed by atoms with Gasteiger partial charge in [-0.1, -0.05) is 6.92 Å². The summed E-state index contributed by atoms with van der Waals surface area (Å²) in [7, 11) is -4.16. The molecule has 3 amide bonds. The van der Waals surface area contributed by atoms with Gasteiger partial charge in [-0.3, -0.25) is 34.6 Å². The SMILES string of the molecule is CCCC(=O)N(O)CCOCCOCC(=O)N(O)CCCC(=O)N(O)CCOCCP(=O)(O)O. The van der Waals surface area contributed by atoms with E-state index in [4.69, 9.17) is 24.0 Å². The van der Waals surface area contributed by atoms with Crippen LogP contribution in [0.15, 0.2) is 0 Å². The molecule has 0 fully saturated rings. The van der Waals surface area contributed by atoms with E-state index >= 15 is 0 Å². The lowest BCUT2D eigenvalue weighted by Gasteiger charge is -2.17. The first-order chi connectivity index (χ1) is 16.0. The molecule has 0 aromatic rings. The van der Waals surface area contributed by atoms with Crippen molar-refractivity contribution in [3.63, 3.8) is 0 Å². The molecule has 0 saturated heterocycles. The van der Waals surface area contributed by atoms with E-state index in [1.54, 1.807) is 0 Å². The Bertz CT molecular complexity index is 648. The van der Waals surface area contributed by atoms with Crippen molar-refractivity contribution in [2.45, 2.75) is 32.6 Å². The van der Waals surface area contributed by atoms with Crippen LogP contribution in [-0.2, 0) is 33.2 Å². The maximum atomic E-state index is 11.8. The Balaban J connectivity index is 3.78. The number of hydrogen-bond acceptors (Lipinski definition) is 10. The predicted molar refractivity (Wildman–Crippen MR) is 114 cm³/mol. The Morgan fingerprint density at radius 1 is 0.706 bits per heavy atom. The van der Waals surface area contributed by atoms with Gasteiger partial charge in [0.2, 0.25) is 11.8 Å². The molecule has 34 heavy (non-hydrogen) atoms. The zero-order valence-electron chi connectivity index (χ0n) is 19.3. The molecule has 0 radical (unpaired) electrons. The van der Waals surface area contributed by atoms with Crippen LogP contribution in [0.1, 0.15) is 32.6 Å². The molecule has 0 aliphatic carbocycles. The van der Waals surface area contributed by atoms with E-state index < -0.39 is 38.1 Å². The Morgan fingerprint density at radius 2 is 1.21 bits per heavy atom. The average molecular weight is 517 g/mol. The molecule has 15 nitrogen and oxygen atoms in total. The first-order valence-electron chi connectivity index (χ1n) is 10.7. The highest BCUT2D eigenvalue weighted by atomic mass is 31.2. The van der Waals surface area contributed by atoms with Crippen molar-refractivity contribution in [3.05, 3.63) is 0 Å². The second-order valence-corrected chi connectivity index (χ2v) is 8.85. The van der Waals surface area contributed by atoms with Gasteiger partial charge in [-0.2, -0.15) is 0 Å². The summed E-state index contributed by atoms with van der Waals surface area (Å²) < 4.78 is 25.8. The molecule has 0 aromatic carbocycles. The minimum absolute atomic E-state index is 0.00972. The first kappa shape index (κ1) is 32.3. The first-order valence-corrected chi connectivity index (χ1v) is 12.5. The third-order valence-electron chi connectivity index (χ3n) is 4.11. The number of rotatable bonds is 20. The molecular weight excluding hydrogens is 481 g/mol. The summed E-state index contributed by atoms with van der Waals surface area (Å²) in [5.41, 5.74) is 0. The third-order valence-corrected chi connectivity index (χ3v) is 4.87. The molecule has 0 atom stereocenters. The van der Waals surface area contributed by atoms with Crippen LogP contribution in [0, 0.1) is 0 Å². The van der Waals surface area contributed by atoms with Crippen molar-refractivity contribution >= 4 is 25.3 Å². The molecule has 200 valence electrons. The topological polar surface area (TPSA) is 207 Å². The highest BCUT2D eigenvalue weighted by Gasteiger charge is 2.15. The van der Waals surface area contributed by atoms with E-state index in [0.717, 1.165) is 0 Å². The zero-order valence-corrected chi connectivity index (χ0v) is 20.2. The second-order valence-electron chi connectivity index (χ2n) is 7.07. The van der Waals surface area contributed by atoms with Crippen molar-refractivity contribution in [2.75, 3.05) is 65.4 Å². The van der Waals surface area contributed by atoms with Crippen molar-refractivity contribution in [1.29, 1.82) is 0 Å². The Hall–Kier alpha value is -1.68. The highest BCUT2D eigenvalue weighted by Crippen LogP contribution is 2.33. The van der Waals surface area contributed by atoms with E-state index in [2.05, 4.69) is 0 Å². The quantitative estimate of drug-likeness (QED) is 0.0596. The van der Waals surface area contributed by atoms with Gasteiger partial charge in [-0.15, -0.1) is 0 Å². The van der Waals surface area contributed by atoms with Gasteiger partial charge < -0.3 is 24.0 Å². The minimum atomic E-state index is -4.16. The smallest absolute Gasteiger partial charge is 0.327 e. The molecule has 0 heterocycles. The number of carbonyl (C=O) groups excluding carboxylic acids is 3. The van der Waals surface area contributed by atoms with Crippen molar-refractivity contribution < 1.29 is 58.6 Å². The second kappa shape index (κ2) is 18.6. The van der Waals surface area contributed by atoms with Gasteiger partial charge in [-0.25, -0.2) is 15.2 Å². The van der Waals surface area contributed by atoms with Gasteiger partial charge in [0.25, 0.3) is 5.91 Å². The number of carbonyl (C=O) groups is 3. The molecular formula is C18H36N3O12P. The minimum Gasteiger partial charge on any atom is -0.379 e. The molecule has 0 aliphatic rings. The van der Waals surface area contributed by atoms with Crippen LogP contribution in [0.5, 0.6) is 0 Å². The third kappa shape index (κ3) is 17.8. The Labute approximate surface area is 197 Å². The van der Waals surface area contributed by atoms with E-state index in [1.165, 1.54) is 0 Å². The van der Waals surface area contributed by atoms with Crippen LogP contribution >= 0.6 is 7.60 Å². The summed E-state index contributed by atoms with van der Waals surface area (Å²) >= 11 is 0. The lowest BCUT2D eigenvalue weighted by Crippen LogP contribution is -2.34. The fourth-order valence-corrected chi connectivity index (χ4v) is 2.63. The van der Waals surface area contributed by atoms with Crippen LogP contribution in [0.4, 0.5) is 0 Å². The Kier molecular flexibility index (Phi) is 17.7. The maximum absolute atomic E-state index is 11.8. The normalized spacial score (nSPS) is 11.4. The summed E-state index contributed by atoms with van der Waals surface area (Å²) in [4.78, 5) is 52.2. The van der Waals surface area contributed by atoms with Crippen LogP contribution in [0.3, 0.4) is 0 Å². The van der Waals surface area contributed by atoms with E-state index in [1.807, 2.05) is 6.92 Å². The largest absolute Gasteiger partial charge is 0.379 e. The van der Waals surface area contributed by atoms with Crippen LogP contribution in [-0.4, -0.2) is 124 Å². The molecule has 0 aromatic heterocycles. The molecule has 0 rings (SSSR count). The number of hydrogen-bond donors (Lipinski definition) is 5. The molecule has 0 aliphatic heterocycles. The summed E-state index contributed by atoms with van der Waals surface area (Å²) in [5.74, 6) is -1.81. The number of hydroxylamine groups is 6. The van der Waals surface area contributed by atoms with Crippen molar-refractivity contribution in [2.24, 2.45) is 0 Å². The molecule has 0 spiro atoms. The van der Waals surface area contributed by atoms with Gasteiger partial charge in [-0.05, 0) is 12.8 Å². The maximum Gasteiger partial charge on any atom is 0.327 e. The van der Waals surface area contributed by atoms with E-state index in [-0.39, 0.29) is 71.9 Å². The van der Waals surface area contributed by atoms with E-state index in [9.17, 15) is 34.6 Å². The number of amides is 3. The lowest BCUT2D eigenvalue weighted by molar-refractivity contribution is -0.174. The molecule has 0 unspecified atom stereocenters. The molecule has 16 heteroatoms. The number of ether oxygens (including phenoxy) is 3. The van der Waals surface area contributed by atoms with E-state index in [0.29, 0.717) is 21.6 Å². The molecule has 0 saturated carbocycles. The van der Waals surface area contributed by atoms with Gasteiger partial charge in [0, 0.05) is 19.4 Å². The monoisotopic (exact) mass is 517 g/mol. The van der Waals surface area contributed by atoms with Crippen molar-refractivity contribution in [1.82, 2.24) is 15.2 Å². The average Bonchev–Trinajstić information content (AvgIpc) is 2.76. The zero-order chi connectivity index (χ0) is 26.0. The van der Waals surface area contributed by atoms with Gasteiger partial charge in [0.05, 0.1) is 52.3 Å². The predicted octanol–water partition coefficient (Wildman–Crippen LogP) is -0.552. The van der Waals surface area contributed by atoms with Crippen LogP contribution in [0.2, 0.25) is 0 Å². The fraction of sp³-hybridized carbons (Fsp3) is 0.833. The number of nitrogens with zero attached hydrogens (tertiary/aromatic N) is 3.